The fourth-order valence-electron chi connectivity index (χ4n) is 2.76. The number of hydrogen-bond donors (Lipinski definition) is 1. The number of nitrogens with zero attached hydrogens (tertiary/aromatic N) is 1. The molecule has 0 fully saturated rings. The number of nitrogens with one attached hydrogen (secondary N) is 1. The Hall–Kier alpha value is -2.63. The first kappa shape index (κ1) is 14.3. The summed E-state index contributed by atoms with van der Waals surface area (Å²) in [7, 11) is 0. The maximum atomic E-state index is 8.97. The van der Waals surface area contributed by atoms with Crippen molar-refractivity contribution in [1.82, 2.24) is 5.32 Å². The highest BCUT2D eigenvalue weighted by molar-refractivity contribution is 5.86. The van der Waals surface area contributed by atoms with Crippen LogP contribution >= 0.6 is 0 Å². The molecule has 22 heavy (non-hydrogen) atoms. The van der Waals surface area contributed by atoms with Gasteiger partial charge in [0.1, 0.15) is 0 Å². The maximum absolute atomic E-state index is 8.97. The van der Waals surface area contributed by atoms with Gasteiger partial charge in [-0.2, -0.15) is 5.26 Å². The average molecular weight is 286 g/mol. The molecule has 0 spiro atoms. The summed E-state index contributed by atoms with van der Waals surface area (Å²) in [5, 5.41) is 15.1. The van der Waals surface area contributed by atoms with Gasteiger partial charge in [0.25, 0.3) is 0 Å². The molecule has 1 N–H and O–H groups in total. The van der Waals surface area contributed by atoms with Gasteiger partial charge in [0, 0.05) is 12.6 Å². The third-order valence-corrected chi connectivity index (χ3v) is 3.96. The van der Waals surface area contributed by atoms with Gasteiger partial charge in [-0.05, 0) is 41.0 Å². The van der Waals surface area contributed by atoms with Crippen molar-refractivity contribution in [3.63, 3.8) is 0 Å². The third kappa shape index (κ3) is 3.00. The Kier molecular flexibility index (Phi) is 4.18. The molecule has 0 saturated heterocycles. The van der Waals surface area contributed by atoms with Crippen LogP contribution in [0.5, 0.6) is 0 Å². The Morgan fingerprint density at radius 2 is 1.77 bits per heavy atom. The summed E-state index contributed by atoms with van der Waals surface area (Å²) in [4.78, 5) is 0. The topological polar surface area (TPSA) is 35.8 Å². The normalized spacial score (nSPS) is 12.0. The molecule has 0 aliphatic rings. The third-order valence-electron chi connectivity index (χ3n) is 3.96. The second-order valence-electron chi connectivity index (χ2n) is 5.48. The molecule has 0 unspecified atom stereocenters. The van der Waals surface area contributed by atoms with Crippen molar-refractivity contribution in [2.24, 2.45) is 0 Å². The van der Waals surface area contributed by atoms with E-state index in [1.807, 2.05) is 24.3 Å². The highest BCUT2D eigenvalue weighted by Crippen LogP contribution is 2.24. The van der Waals surface area contributed by atoms with E-state index in [1.165, 1.54) is 16.3 Å². The van der Waals surface area contributed by atoms with Gasteiger partial charge in [-0.1, -0.05) is 54.6 Å². The Morgan fingerprint density at radius 3 is 2.64 bits per heavy atom. The van der Waals surface area contributed by atoms with Crippen LogP contribution < -0.4 is 5.32 Å². The molecule has 2 nitrogen and oxygen atoms in total. The Balaban J connectivity index is 1.79. The summed E-state index contributed by atoms with van der Waals surface area (Å²) in [6, 6.07) is 25.0. The van der Waals surface area contributed by atoms with Gasteiger partial charge in [0.05, 0.1) is 11.6 Å². The number of rotatable bonds is 4. The lowest BCUT2D eigenvalue weighted by Crippen LogP contribution is -2.18. The molecule has 0 aliphatic carbocycles. The lowest BCUT2D eigenvalue weighted by atomic mass is 9.99. The van der Waals surface area contributed by atoms with E-state index in [9.17, 15) is 0 Å². The number of nitriles is 1. The van der Waals surface area contributed by atoms with Crippen LogP contribution in [0.4, 0.5) is 0 Å². The minimum Gasteiger partial charge on any atom is -0.306 e. The van der Waals surface area contributed by atoms with E-state index in [0.717, 1.165) is 12.1 Å². The molecule has 3 rings (SSSR count). The average Bonchev–Trinajstić information content (AvgIpc) is 2.59. The molecule has 0 radical (unpaired) electrons. The lowest BCUT2D eigenvalue weighted by molar-refractivity contribution is 0.578. The molecular formula is C20H18N2. The number of fused-ring (bicyclic) bond motifs is 1. The molecule has 1 atom stereocenters. The van der Waals surface area contributed by atoms with Crippen LogP contribution in [0.2, 0.25) is 0 Å². The van der Waals surface area contributed by atoms with Crippen LogP contribution in [0.1, 0.15) is 29.7 Å². The van der Waals surface area contributed by atoms with Crippen LogP contribution in [0.25, 0.3) is 10.8 Å². The molecule has 108 valence electrons. The first-order valence-corrected chi connectivity index (χ1v) is 7.48. The van der Waals surface area contributed by atoms with E-state index < -0.39 is 0 Å². The van der Waals surface area contributed by atoms with E-state index >= 15 is 0 Å². The molecule has 0 bridgehead atoms. The molecule has 0 aromatic heterocycles. The van der Waals surface area contributed by atoms with Crippen LogP contribution in [0, 0.1) is 11.3 Å². The zero-order valence-corrected chi connectivity index (χ0v) is 12.6. The van der Waals surface area contributed by atoms with Crippen molar-refractivity contribution >= 4 is 10.8 Å². The highest BCUT2D eigenvalue weighted by Gasteiger charge is 2.08. The summed E-state index contributed by atoms with van der Waals surface area (Å²) in [6.45, 7) is 2.93. The van der Waals surface area contributed by atoms with Crippen molar-refractivity contribution in [3.8, 4) is 6.07 Å². The van der Waals surface area contributed by atoms with Gasteiger partial charge in [0.2, 0.25) is 0 Å². The first-order chi connectivity index (χ1) is 10.8. The smallest absolute Gasteiger partial charge is 0.0991 e. The number of benzene rings is 3. The molecular weight excluding hydrogens is 268 g/mol. The predicted molar refractivity (Wildman–Crippen MR) is 90.4 cm³/mol. The summed E-state index contributed by atoms with van der Waals surface area (Å²) < 4.78 is 0. The zero-order chi connectivity index (χ0) is 15.4. The molecule has 3 aromatic carbocycles. The van der Waals surface area contributed by atoms with Crippen LogP contribution in [-0.4, -0.2) is 0 Å². The lowest BCUT2D eigenvalue weighted by Gasteiger charge is -2.17. The molecule has 3 aromatic rings. The molecule has 0 amide bonds. The van der Waals surface area contributed by atoms with Crippen LogP contribution in [-0.2, 0) is 6.54 Å². The van der Waals surface area contributed by atoms with Gasteiger partial charge < -0.3 is 5.32 Å². The quantitative estimate of drug-likeness (QED) is 0.763. The fourth-order valence-corrected chi connectivity index (χ4v) is 2.76. The van der Waals surface area contributed by atoms with Gasteiger partial charge in [-0.15, -0.1) is 0 Å². The maximum Gasteiger partial charge on any atom is 0.0991 e. The number of hydrogen-bond acceptors (Lipinski definition) is 2. The summed E-state index contributed by atoms with van der Waals surface area (Å²) >= 11 is 0. The summed E-state index contributed by atoms with van der Waals surface area (Å²) in [6.07, 6.45) is 0. The van der Waals surface area contributed by atoms with Crippen LogP contribution in [0.3, 0.4) is 0 Å². The molecule has 0 aliphatic heterocycles. The summed E-state index contributed by atoms with van der Waals surface area (Å²) in [5.41, 5.74) is 3.14. The van der Waals surface area contributed by atoms with E-state index in [-0.39, 0.29) is 6.04 Å². The van der Waals surface area contributed by atoms with Crippen molar-refractivity contribution in [2.75, 3.05) is 0 Å². The van der Waals surface area contributed by atoms with Gasteiger partial charge in [-0.3, -0.25) is 0 Å². The first-order valence-electron chi connectivity index (χ1n) is 7.48. The SMILES string of the molecule is C[C@H](NCc1cccc(C#N)c1)c1cccc2ccccc12. The van der Waals surface area contributed by atoms with Gasteiger partial charge in [0.15, 0.2) is 0 Å². The van der Waals surface area contributed by atoms with E-state index in [0.29, 0.717) is 5.56 Å². The van der Waals surface area contributed by atoms with Crippen molar-refractivity contribution in [2.45, 2.75) is 19.5 Å². The summed E-state index contributed by atoms with van der Waals surface area (Å²) in [5.74, 6) is 0. The standard InChI is InChI=1S/C20H18N2/c1-15(22-14-17-7-4-6-16(12-17)13-21)19-11-5-9-18-8-2-3-10-20(18)19/h2-12,15,22H,14H2,1H3/t15-/m0/s1. The van der Waals surface area contributed by atoms with E-state index in [1.54, 1.807) is 0 Å². The van der Waals surface area contributed by atoms with Crippen LogP contribution in [0.15, 0.2) is 66.7 Å². The highest BCUT2D eigenvalue weighted by atomic mass is 14.9. The Labute approximate surface area is 131 Å². The van der Waals surface area contributed by atoms with Crippen molar-refractivity contribution < 1.29 is 0 Å². The zero-order valence-electron chi connectivity index (χ0n) is 12.6. The molecule has 2 heteroatoms. The largest absolute Gasteiger partial charge is 0.306 e. The van der Waals surface area contributed by atoms with Gasteiger partial charge in [-0.25, -0.2) is 0 Å². The second kappa shape index (κ2) is 6.43. The van der Waals surface area contributed by atoms with Crippen molar-refractivity contribution in [1.29, 1.82) is 5.26 Å². The van der Waals surface area contributed by atoms with E-state index in [4.69, 9.17) is 5.26 Å². The van der Waals surface area contributed by atoms with Crippen molar-refractivity contribution in [3.05, 3.63) is 83.4 Å². The molecule has 0 saturated carbocycles. The Morgan fingerprint density at radius 1 is 1.00 bits per heavy atom. The second-order valence-corrected chi connectivity index (χ2v) is 5.48. The van der Waals surface area contributed by atoms with E-state index in [2.05, 4.69) is 60.8 Å². The van der Waals surface area contributed by atoms with Gasteiger partial charge >= 0.3 is 0 Å². The molecule has 0 heterocycles. The fraction of sp³-hybridized carbons (Fsp3) is 0.150. The minimum atomic E-state index is 0.247. The predicted octanol–water partition coefficient (Wildman–Crippen LogP) is 4.56. The monoisotopic (exact) mass is 286 g/mol. The Bertz CT molecular complexity index is 825. The minimum absolute atomic E-state index is 0.247.